The summed E-state index contributed by atoms with van der Waals surface area (Å²) in [6, 6.07) is 12.6. The number of nitrogens with one attached hydrogen (secondary N) is 1. The van der Waals surface area contributed by atoms with Crippen LogP contribution in [0.15, 0.2) is 42.5 Å². The summed E-state index contributed by atoms with van der Waals surface area (Å²) in [5.74, 6) is 0.123. The predicted molar refractivity (Wildman–Crippen MR) is 102 cm³/mol. The molecule has 1 amide bonds. The topological polar surface area (TPSA) is 94.1 Å². The molecule has 0 fully saturated rings. The van der Waals surface area contributed by atoms with Crippen LogP contribution in [-0.4, -0.2) is 36.9 Å². The number of carboxylic acid groups (broad SMARTS) is 1. The molecular formula is C21H23NO6. The lowest BCUT2D eigenvalue weighted by molar-refractivity contribution is -0.141. The molecule has 2 aromatic carbocycles. The normalized spacial score (nSPS) is 13.0. The second-order valence-corrected chi connectivity index (χ2v) is 6.48. The summed E-state index contributed by atoms with van der Waals surface area (Å²) in [5, 5.41) is 12.2. The van der Waals surface area contributed by atoms with E-state index in [2.05, 4.69) is 5.32 Å². The molecule has 148 valence electrons. The summed E-state index contributed by atoms with van der Waals surface area (Å²) >= 11 is 0. The highest BCUT2D eigenvalue weighted by Crippen LogP contribution is 2.32. The van der Waals surface area contributed by atoms with Gasteiger partial charge in [0, 0.05) is 6.54 Å². The Morgan fingerprint density at radius 1 is 1.11 bits per heavy atom. The van der Waals surface area contributed by atoms with Gasteiger partial charge in [-0.2, -0.15) is 0 Å². The van der Waals surface area contributed by atoms with Gasteiger partial charge in [-0.15, -0.1) is 0 Å². The van der Waals surface area contributed by atoms with Gasteiger partial charge < -0.3 is 24.6 Å². The van der Waals surface area contributed by atoms with Crippen LogP contribution in [0.25, 0.3) is 0 Å². The number of amides is 1. The Kier molecular flexibility index (Phi) is 6.37. The lowest BCUT2D eigenvalue weighted by Crippen LogP contribution is -2.34. The molecule has 0 bridgehead atoms. The molecule has 0 aromatic heterocycles. The fourth-order valence-electron chi connectivity index (χ4n) is 2.96. The monoisotopic (exact) mass is 385 g/mol. The molecule has 2 aromatic rings. The van der Waals surface area contributed by atoms with Crippen molar-refractivity contribution in [3.63, 3.8) is 0 Å². The number of carbonyl (C=O) groups is 2. The molecule has 7 heteroatoms. The Labute approximate surface area is 163 Å². The van der Waals surface area contributed by atoms with Crippen molar-refractivity contribution < 1.29 is 28.9 Å². The molecule has 1 heterocycles. The van der Waals surface area contributed by atoms with E-state index in [0.717, 1.165) is 16.9 Å². The first-order chi connectivity index (χ1) is 13.5. The molecule has 0 spiro atoms. The van der Waals surface area contributed by atoms with E-state index in [0.29, 0.717) is 24.5 Å². The van der Waals surface area contributed by atoms with E-state index >= 15 is 0 Å². The summed E-state index contributed by atoms with van der Waals surface area (Å²) in [4.78, 5) is 23.8. The van der Waals surface area contributed by atoms with Gasteiger partial charge in [-0.3, -0.25) is 9.59 Å². The molecule has 3 rings (SSSR count). The third-order valence-electron chi connectivity index (χ3n) is 4.41. The fourth-order valence-corrected chi connectivity index (χ4v) is 2.96. The molecule has 0 saturated heterocycles. The molecule has 0 radical (unpaired) electrons. The first-order valence-corrected chi connectivity index (χ1v) is 9.15. The Hall–Kier alpha value is -3.22. The average Bonchev–Trinajstić information content (AvgIpc) is 3.14. The molecule has 1 aliphatic rings. The van der Waals surface area contributed by atoms with Crippen LogP contribution in [0.1, 0.15) is 18.1 Å². The number of ether oxygens (including phenoxy) is 3. The zero-order chi connectivity index (χ0) is 19.9. The van der Waals surface area contributed by atoms with Gasteiger partial charge in [0.05, 0.1) is 18.9 Å². The highest BCUT2D eigenvalue weighted by molar-refractivity contribution is 5.80. The van der Waals surface area contributed by atoms with Crippen LogP contribution in [-0.2, 0) is 22.4 Å². The Balaban J connectivity index is 1.52. The summed E-state index contributed by atoms with van der Waals surface area (Å²) in [6.45, 7) is 2.72. The summed E-state index contributed by atoms with van der Waals surface area (Å²) in [7, 11) is 0. The van der Waals surface area contributed by atoms with Crippen molar-refractivity contribution in [2.24, 2.45) is 5.92 Å². The highest BCUT2D eigenvalue weighted by atomic mass is 16.7. The zero-order valence-electron chi connectivity index (χ0n) is 15.6. The number of carbonyl (C=O) groups excluding carboxylic acids is 1. The van der Waals surface area contributed by atoms with E-state index < -0.39 is 11.9 Å². The first kappa shape index (κ1) is 19.5. The maximum absolute atomic E-state index is 12.2. The minimum atomic E-state index is -0.947. The van der Waals surface area contributed by atoms with Crippen molar-refractivity contribution in [3.05, 3.63) is 53.6 Å². The number of fused-ring (bicyclic) bond motifs is 1. The van der Waals surface area contributed by atoms with Gasteiger partial charge in [0.1, 0.15) is 5.75 Å². The van der Waals surface area contributed by atoms with E-state index in [-0.39, 0.29) is 25.7 Å². The van der Waals surface area contributed by atoms with Crippen LogP contribution < -0.4 is 19.5 Å². The average molecular weight is 385 g/mol. The second kappa shape index (κ2) is 9.12. The molecule has 7 nitrogen and oxygen atoms in total. The van der Waals surface area contributed by atoms with Gasteiger partial charge in [-0.25, -0.2) is 0 Å². The predicted octanol–water partition coefficient (Wildman–Crippen LogP) is 2.42. The molecule has 2 N–H and O–H groups in total. The maximum atomic E-state index is 12.2. The molecule has 0 saturated carbocycles. The lowest BCUT2D eigenvalue weighted by atomic mass is 9.99. The van der Waals surface area contributed by atoms with Crippen LogP contribution in [0.2, 0.25) is 0 Å². The van der Waals surface area contributed by atoms with Gasteiger partial charge in [-0.1, -0.05) is 18.2 Å². The largest absolute Gasteiger partial charge is 0.494 e. The van der Waals surface area contributed by atoms with Crippen molar-refractivity contribution >= 4 is 11.9 Å². The second-order valence-electron chi connectivity index (χ2n) is 6.48. The fraction of sp³-hybridized carbons (Fsp3) is 0.333. The van der Waals surface area contributed by atoms with Crippen LogP contribution in [0.4, 0.5) is 0 Å². The number of carboxylic acids is 1. The third-order valence-corrected chi connectivity index (χ3v) is 4.41. The number of rotatable bonds is 9. The Bertz CT molecular complexity index is 833. The van der Waals surface area contributed by atoms with Crippen molar-refractivity contribution in [2.75, 3.05) is 19.9 Å². The maximum Gasteiger partial charge on any atom is 0.308 e. The quantitative estimate of drug-likeness (QED) is 0.689. The summed E-state index contributed by atoms with van der Waals surface area (Å²) in [5.41, 5.74) is 1.65. The van der Waals surface area contributed by atoms with E-state index in [1.54, 1.807) is 18.2 Å². The highest BCUT2D eigenvalue weighted by Gasteiger charge is 2.20. The van der Waals surface area contributed by atoms with Crippen molar-refractivity contribution in [1.82, 2.24) is 5.32 Å². The number of aliphatic carboxylic acids is 1. The third kappa shape index (κ3) is 5.16. The SMILES string of the molecule is CCOc1ccc(CC(CNC(=O)Cc2ccc3c(c2)OCO3)C(=O)O)cc1. The number of hydrogen-bond acceptors (Lipinski definition) is 5. The molecule has 1 aliphatic heterocycles. The summed E-state index contributed by atoms with van der Waals surface area (Å²) in [6.07, 6.45) is 0.470. The van der Waals surface area contributed by atoms with E-state index in [4.69, 9.17) is 14.2 Å². The molecule has 1 atom stereocenters. The Morgan fingerprint density at radius 3 is 2.54 bits per heavy atom. The smallest absolute Gasteiger partial charge is 0.308 e. The molecule has 28 heavy (non-hydrogen) atoms. The Morgan fingerprint density at radius 2 is 1.82 bits per heavy atom. The van der Waals surface area contributed by atoms with E-state index in [9.17, 15) is 14.7 Å². The molecular weight excluding hydrogens is 362 g/mol. The van der Waals surface area contributed by atoms with Gasteiger partial charge in [0.25, 0.3) is 0 Å². The minimum Gasteiger partial charge on any atom is -0.494 e. The van der Waals surface area contributed by atoms with Crippen LogP contribution in [0.5, 0.6) is 17.2 Å². The van der Waals surface area contributed by atoms with E-state index in [1.807, 2.05) is 31.2 Å². The number of hydrogen-bond donors (Lipinski definition) is 2. The van der Waals surface area contributed by atoms with Gasteiger partial charge in [0.15, 0.2) is 11.5 Å². The zero-order valence-corrected chi connectivity index (χ0v) is 15.6. The first-order valence-electron chi connectivity index (χ1n) is 9.15. The lowest BCUT2D eigenvalue weighted by Gasteiger charge is -2.14. The van der Waals surface area contributed by atoms with Gasteiger partial charge in [-0.05, 0) is 48.7 Å². The van der Waals surface area contributed by atoms with Crippen LogP contribution in [0.3, 0.4) is 0 Å². The van der Waals surface area contributed by atoms with Gasteiger partial charge >= 0.3 is 5.97 Å². The van der Waals surface area contributed by atoms with Crippen molar-refractivity contribution in [2.45, 2.75) is 19.8 Å². The van der Waals surface area contributed by atoms with Crippen LogP contribution >= 0.6 is 0 Å². The summed E-state index contributed by atoms with van der Waals surface area (Å²) < 4.78 is 15.9. The van der Waals surface area contributed by atoms with Gasteiger partial charge in [0.2, 0.25) is 12.7 Å². The van der Waals surface area contributed by atoms with Crippen LogP contribution in [0, 0.1) is 5.92 Å². The van der Waals surface area contributed by atoms with Crippen molar-refractivity contribution in [1.29, 1.82) is 0 Å². The standard InChI is InChI=1S/C21H23NO6/c1-2-26-17-6-3-14(4-7-17)9-16(21(24)25)12-22-20(23)11-15-5-8-18-19(10-15)28-13-27-18/h3-8,10,16H,2,9,11-13H2,1H3,(H,22,23)(H,24,25). The van der Waals surface area contributed by atoms with E-state index in [1.165, 1.54) is 0 Å². The minimum absolute atomic E-state index is 0.0614. The molecule has 1 unspecified atom stereocenters. The molecule has 0 aliphatic carbocycles. The van der Waals surface area contributed by atoms with Crippen molar-refractivity contribution in [3.8, 4) is 17.2 Å². The number of benzene rings is 2.